The van der Waals surface area contributed by atoms with Crippen molar-refractivity contribution < 1.29 is 29.2 Å². The van der Waals surface area contributed by atoms with Gasteiger partial charge in [-0.05, 0) is 47.9 Å². The minimum Gasteiger partial charge on any atom is -0.394 e. The minimum absolute atomic E-state index is 0.315. The van der Waals surface area contributed by atoms with Gasteiger partial charge in [0.05, 0.1) is 13.2 Å². The van der Waals surface area contributed by atoms with Gasteiger partial charge in [0.25, 0.3) is 0 Å². The van der Waals surface area contributed by atoms with E-state index in [4.69, 9.17) is 18.9 Å². The Kier molecular flexibility index (Phi) is 8.40. The van der Waals surface area contributed by atoms with Crippen LogP contribution in [0.4, 0.5) is 0 Å². The van der Waals surface area contributed by atoms with E-state index in [0.29, 0.717) is 6.61 Å². The van der Waals surface area contributed by atoms with Crippen molar-refractivity contribution in [2.24, 2.45) is 0 Å². The highest BCUT2D eigenvalue weighted by atomic mass is 16.8. The average molecular weight is 471 g/mol. The first-order valence-corrected chi connectivity index (χ1v) is 12.6. The molecule has 6 heteroatoms. The van der Waals surface area contributed by atoms with Crippen molar-refractivity contribution in [2.45, 2.75) is 90.4 Å². The smallest absolute Gasteiger partial charge is 0.184 e. The number of aliphatic hydroxyl groups is 2. The monoisotopic (exact) mass is 470 g/mol. The number of hydrogen-bond donors (Lipinski definition) is 2. The fourth-order valence-electron chi connectivity index (χ4n) is 4.78. The van der Waals surface area contributed by atoms with E-state index in [1.807, 2.05) is 0 Å². The van der Waals surface area contributed by atoms with Crippen molar-refractivity contribution in [2.75, 3.05) is 13.2 Å². The highest BCUT2D eigenvalue weighted by Crippen LogP contribution is 2.39. The van der Waals surface area contributed by atoms with E-state index in [-0.39, 0.29) is 0 Å². The van der Waals surface area contributed by atoms with Crippen LogP contribution < -0.4 is 0 Å². The molecule has 6 atom stereocenters. The molecule has 34 heavy (non-hydrogen) atoms. The van der Waals surface area contributed by atoms with Gasteiger partial charge in [0.2, 0.25) is 0 Å². The van der Waals surface area contributed by atoms with E-state index in [0.717, 1.165) is 36.8 Å². The lowest BCUT2D eigenvalue weighted by atomic mass is 9.97. The Morgan fingerprint density at radius 1 is 0.735 bits per heavy atom. The molecule has 0 amide bonds. The number of fused-ring (bicyclic) bond motifs is 1. The molecular formula is C28H38O6. The van der Waals surface area contributed by atoms with E-state index < -0.39 is 43.6 Å². The summed E-state index contributed by atoms with van der Waals surface area (Å²) in [6.07, 6.45) is -0.385. The molecule has 0 bridgehead atoms. The molecule has 2 heterocycles. The molecule has 2 aromatic rings. The Bertz CT molecular complexity index is 913. The van der Waals surface area contributed by atoms with Gasteiger partial charge in [-0.25, -0.2) is 0 Å². The summed E-state index contributed by atoms with van der Waals surface area (Å²) in [5.41, 5.74) is 6.75. The van der Waals surface area contributed by atoms with Crippen LogP contribution in [-0.2, 0) is 44.6 Å². The molecule has 2 N–H and O–H groups in total. The van der Waals surface area contributed by atoms with Crippen LogP contribution in [0.3, 0.4) is 0 Å². The first-order valence-electron chi connectivity index (χ1n) is 12.6. The molecular weight excluding hydrogens is 432 g/mol. The Balaban J connectivity index is 1.59. The fourth-order valence-corrected chi connectivity index (χ4v) is 4.78. The lowest BCUT2D eigenvalue weighted by molar-refractivity contribution is -0.373. The van der Waals surface area contributed by atoms with Gasteiger partial charge in [-0.15, -0.1) is 0 Å². The zero-order valence-electron chi connectivity index (χ0n) is 20.7. The molecule has 4 rings (SSSR count). The number of hydrogen-bond acceptors (Lipinski definition) is 6. The third kappa shape index (κ3) is 5.38. The lowest BCUT2D eigenvalue weighted by Crippen LogP contribution is -2.58. The van der Waals surface area contributed by atoms with Gasteiger partial charge in [-0.2, -0.15) is 0 Å². The summed E-state index contributed by atoms with van der Waals surface area (Å²) in [7, 11) is 0. The van der Waals surface area contributed by atoms with E-state index in [1.54, 1.807) is 0 Å². The van der Waals surface area contributed by atoms with Crippen molar-refractivity contribution >= 4 is 0 Å². The van der Waals surface area contributed by atoms with Crippen molar-refractivity contribution in [3.8, 4) is 0 Å². The molecule has 0 saturated carbocycles. The van der Waals surface area contributed by atoms with Crippen molar-refractivity contribution in [3.05, 3.63) is 69.8 Å². The van der Waals surface area contributed by atoms with Gasteiger partial charge in [0.1, 0.15) is 24.4 Å². The van der Waals surface area contributed by atoms with E-state index in [2.05, 4.69) is 64.1 Å². The van der Waals surface area contributed by atoms with Gasteiger partial charge in [0, 0.05) is 11.1 Å². The molecule has 2 unspecified atom stereocenters. The van der Waals surface area contributed by atoms with Gasteiger partial charge >= 0.3 is 0 Å². The molecule has 2 aliphatic rings. The zero-order chi connectivity index (χ0) is 24.2. The lowest BCUT2D eigenvalue weighted by Gasteiger charge is -2.47. The van der Waals surface area contributed by atoms with Crippen LogP contribution in [-0.4, -0.2) is 47.8 Å². The van der Waals surface area contributed by atoms with Gasteiger partial charge in [0.15, 0.2) is 12.6 Å². The molecule has 0 radical (unpaired) electrons. The predicted molar refractivity (Wildman–Crippen MR) is 130 cm³/mol. The highest BCUT2D eigenvalue weighted by Gasteiger charge is 2.48. The fraction of sp³-hybridized carbons (Fsp3) is 0.571. The highest BCUT2D eigenvalue weighted by molar-refractivity contribution is 5.32. The maximum atomic E-state index is 10.7. The van der Waals surface area contributed by atoms with Crippen LogP contribution in [0.5, 0.6) is 0 Å². The Morgan fingerprint density at radius 3 is 1.71 bits per heavy atom. The molecule has 0 aliphatic carbocycles. The minimum atomic E-state index is -1.09. The summed E-state index contributed by atoms with van der Waals surface area (Å²) >= 11 is 0. The summed E-state index contributed by atoms with van der Waals surface area (Å²) in [4.78, 5) is 0. The van der Waals surface area contributed by atoms with Crippen LogP contribution in [0.1, 0.15) is 73.7 Å². The van der Waals surface area contributed by atoms with Crippen LogP contribution in [0, 0.1) is 0 Å². The summed E-state index contributed by atoms with van der Waals surface area (Å²) in [6, 6.07) is 12.8. The molecule has 2 aromatic carbocycles. The molecule has 2 saturated heterocycles. The van der Waals surface area contributed by atoms with Crippen molar-refractivity contribution in [1.82, 2.24) is 0 Å². The molecule has 2 aliphatic heterocycles. The average Bonchev–Trinajstić information content (AvgIpc) is 2.90. The molecule has 186 valence electrons. The van der Waals surface area contributed by atoms with Crippen LogP contribution >= 0.6 is 0 Å². The second-order valence-corrected chi connectivity index (χ2v) is 9.20. The first-order chi connectivity index (χ1) is 16.5. The first kappa shape index (κ1) is 25.3. The van der Waals surface area contributed by atoms with Crippen LogP contribution in [0.15, 0.2) is 36.4 Å². The van der Waals surface area contributed by atoms with Gasteiger partial charge < -0.3 is 29.2 Å². The number of benzene rings is 2. The Labute approximate surface area is 202 Å². The molecule has 0 aromatic heterocycles. The van der Waals surface area contributed by atoms with Gasteiger partial charge in [-0.1, -0.05) is 64.1 Å². The van der Waals surface area contributed by atoms with E-state index >= 15 is 0 Å². The quantitative estimate of drug-likeness (QED) is 0.603. The predicted octanol–water partition coefficient (Wildman–Crippen LogP) is 4.19. The summed E-state index contributed by atoms with van der Waals surface area (Å²) in [5.74, 6) is 0. The SMILES string of the molecule is CCc1cc(CC)cc(C2OC[C@@H]3OC(c4cc(CC)cc(CC)c4)O[C@H]([C@H](O)CO)[C@@H]3O2)c1. The topological polar surface area (TPSA) is 77.4 Å². The Hall–Kier alpha value is -1.80. The maximum Gasteiger partial charge on any atom is 0.184 e. The number of aryl methyl sites for hydroxylation is 4. The number of rotatable bonds is 8. The second kappa shape index (κ2) is 11.3. The number of aliphatic hydroxyl groups excluding tert-OH is 2. The Morgan fingerprint density at radius 2 is 1.24 bits per heavy atom. The summed E-state index contributed by atoms with van der Waals surface area (Å²) in [5, 5.41) is 20.4. The van der Waals surface area contributed by atoms with Crippen LogP contribution in [0.25, 0.3) is 0 Å². The molecule has 2 fully saturated rings. The second-order valence-electron chi connectivity index (χ2n) is 9.20. The zero-order valence-corrected chi connectivity index (χ0v) is 20.7. The summed E-state index contributed by atoms with van der Waals surface area (Å²) < 4.78 is 25.0. The van der Waals surface area contributed by atoms with E-state index in [9.17, 15) is 10.2 Å². The normalized spacial score (nSPS) is 27.9. The third-order valence-corrected chi connectivity index (χ3v) is 6.86. The van der Waals surface area contributed by atoms with Crippen LogP contribution in [0.2, 0.25) is 0 Å². The van der Waals surface area contributed by atoms with Crippen molar-refractivity contribution in [1.29, 1.82) is 0 Å². The van der Waals surface area contributed by atoms with Crippen molar-refractivity contribution in [3.63, 3.8) is 0 Å². The largest absolute Gasteiger partial charge is 0.394 e. The molecule has 6 nitrogen and oxygen atoms in total. The third-order valence-electron chi connectivity index (χ3n) is 6.86. The number of ether oxygens (including phenoxy) is 4. The van der Waals surface area contributed by atoms with E-state index in [1.165, 1.54) is 22.3 Å². The van der Waals surface area contributed by atoms with Gasteiger partial charge in [-0.3, -0.25) is 0 Å². The standard InChI is InChI=1S/C28H38O6/c1-5-17-9-18(6-2)12-21(11-17)27-31-16-24-26(34-27)25(23(30)15-29)33-28(32-24)22-13-19(7-3)10-20(8-4)14-22/h9-14,23-30H,5-8,15-16H2,1-4H3/t23-,24+,25-,26-,27?,28?/m1/s1. The molecule has 0 spiro atoms. The summed E-state index contributed by atoms with van der Waals surface area (Å²) in [6.45, 7) is 8.40. The maximum absolute atomic E-state index is 10.7.